The van der Waals surface area contributed by atoms with Crippen molar-refractivity contribution in [2.45, 2.75) is 52.2 Å². The van der Waals surface area contributed by atoms with Gasteiger partial charge in [0.15, 0.2) is 0 Å². The second-order valence-electron chi connectivity index (χ2n) is 5.36. The number of aromatic nitrogens is 1. The molecule has 1 aliphatic heterocycles. The molecule has 0 radical (unpaired) electrons. The molecule has 2 heterocycles. The normalized spacial score (nSPS) is 19.8. The average Bonchev–Trinajstić information content (AvgIpc) is 2.73. The fraction of sp³-hybridized carbons (Fsp3) is 0.643. The van der Waals surface area contributed by atoms with Crippen LogP contribution < -0.4 is 10.2 Å². The molecule has 1 aliphatic rings. The van der Waals surface area contributed by atoms with E-state index in [-0.39, 0.29) is 5.82 Å². The first-order chi connectivity index (χ1) is 8.58. The van der Waals surface area contributed by atoms with Gasteiger partial charge in [0.1, 0.15) is 11.6 Å². The molecule has 1 fully saturated rings. The van der Waals surface area contributed by atoms with E-state index >= 15 is 0 Å². The minimum absolute atomic E-state index is 0.258. The zero-order valence-electron chi connectivity index (χ0n) is 11.4. The molecule has 1 aromatic heterocycles. The smallest absolute Gasteiger partial charge is 0.141 e. The highest BCUT2D eigenvalue weighted by molar-refractivity contribution is 5.48. The van der Waals surface area contributed by atoms with Crippen molar-refractivity contribution in [1.82, 2.24) is 10.3 Å². The Morgan fingerprint density at radius 3 is 2.94 bits per heavy atom. The largest absolute Gasteiger partial charge is 0.354 e. The Kier molecular flexibility index (Phi) is 4.17. The predicted molar refractivity (Wildman–Crippen MR) is 72.2 cm³/mol. The van der Waals surface area contributed by atoms with Crippen LogP contribution in [-0.2, 0) is 6.54 Å². The first-order valence-corrected chi connectivity index (χ1v) is 6.72. The predicted octanol–water partition coefficient (Wildman–Crippen LogP) is 2.71. The van der Waals surface area contributed by atoms with Crippen LogP contribution in [0.2, 0.25) is 0 Å². The summed E-state index contributed by atoms with van der Waals surface area (Å²) in [6.45, 7) is 8.07. The minimum Gasteiger partial charge on any atom is -0.354 e. The van der Waals surface area contributed by atoms with Gasteiger partial charge < -0.3 is 10.2 Å². The quantitative estimate of drug-likeness (QED) is 0.891. The molecule has 1 atom stereocenters. The average molecular weight is 251 g/mol. The first kappa shape index (κ1) is 13.3. The lowest BCUT2D eigenvalue weighted by molar-refractivity contribution is 0.575. The summed E-state index contributed by atoms with van der Waals surface area (Å²) >= 11 is 0. The fourth-order valence-electron chi connectivity index (χ4n) is 2.42. The molecule has 1 saturated heterocycles. The van der Waals surface area contributed by atoms with E-state index in [1.54, 1.807) is 6.07 Å². The standard InChI is InChI=1S/C14H22FN3/c1-10(2)16-8-12-7-13(15)9-17-14(12)18-6-4-5-11(18)3/h7,9-11,16H,4-6,8H2,1-3H3. The lowest BCUT2D eigenvalue weighted by Gasteiger charge is -2.25. The van der Waals surface area contributed by atoms with Crippen molar-refractivity contribution in [3.05, 3.63) is 23.6 Å². The van der Waals surface area contributed by atoms with Gasteiger partial charge in [0.05, 0.1) is 6.20 Å². The molecule has 18 heavy (non-hydrogen) atoms. The van der Waals surface area contributed by atoms with E-state index < -0.39 is 0 Å². The van der Waals surface area contributed by atoms with Crippen molar-refractivity contribution >= 4 is 5.82 Å². The minimum atomic E-state index is -0.258. The van der Waals surface area contributed by atoms with Gasteiger partial charge in [-0.05, 0) is 25.8 Å². The Labute approximate surface area is 108 Å². The molecule has 100 valence electrons. The molecule has 0 saturated carbocycles. The van der Waals surface area contributed by atoms with Crippen LogP contribution in [0, 0.1) is 5.82 Å². The Balaban J connectivity index is 2.22. The maximum atomic E-state index is 13.3. The molecule has 0 aromatic carbocycles. The summed E-state index contributed by atoms with van der Waals surface area (Å²) < 4.78 is 13.3. The molecule has 3 nitrogen and oxygen atoms in total. The summed E-state index contributed by atoms with van der Waals surface area (Å²) in [4.78, 5) is 6.59. The van der Waals surface area contributed by atoms with E-state index in [0.717, 1.165) is 17.9 Å². The Hall–Kier alpha value is -1.16. The number of pyridine rings is 1. The third-order valence-electron chi connectivity index (χ3n) is 3.44. The van der Waals surface area contributed by atoms with E-state index in [0.29, 0.717) is 18.6 Å². The summed E-state index contributed by atoms with van der Waals surface area (Å²) in [5.74, 6) is 0.681. The van der Waals surface area contributed by atoms with Gasteiger partial charge in [0.25, 0.3) is 0 Å². The van der Waals surface area contributed by atoms with Crippen molar-refractivity contribution in [1.29, 1.82) is 0 Å². The van der Waals surface area contributed by atoms with Gasteiger partial charge in [0, 0.05) is 30.7 Å². The van der Waals surface area contributed by atoms with Gasteiger partial charge in [-0.15, -0.1) is 0 Å². The summed E-state index contributed by atoms with van der Waals surface area (Å²) in [5, 5.41) is 3.33. The number of nitrogens with one attached hydrogen (secondary N) is 1. The Bertz CT molecular complexity index is 406. The third kappa shape index (κ3) is 2.99. The van der Waals surface area contributed by atoms with Crippen molar-refractivity contribution in [3.63, 3.8) is 0 Å². The molecular formula is C14H22FN3. The molecular weight excluding hydrogens is 229 g/mol. The van der Waals surface area contributed by atoms with Crippen LogP contribution in [-0.4, -0.2) is 23.6 Å². The summed E-state index contributed by atoms with van der Waals surface area (Å²) in [6, 6.07) is 2.49. The Morgan fingerprint density at radius 2 is 2.33 bits per heavy atom. The van der Waals surface area contributed by atoms with E-state index in [1.807, 2.05) is 0 Å². The van der Waals surface area contributed by atoms with Crippen molar-refractivity contribution in [2.75, 3.05) is 11.4 Å². The molecule has 0 aliphatic carbocycles. The van der Waals surface area contributed by atoms with Gasteiger partial charge in [-0.1, -0.05) is 13.8 Å². The van der Waals surface area contributed by atoms with E-state index in [1.165, 1.54) is 19.0 Å². The van der Waals surface area contributed by atoms with Gasteiger partial charge in [0.2, 0.25) is 0 Å². The highest BCUT2D eigenvalue weighted by atomic mass is 19.1. The SMILES string of the molecule is CC(C)NCc1cc(F)cnc1N1CCCC1C. The number of hydrogen-bond donors (Lipinski definition) is 1. The molecule has 2 rings (SSSR count). The van der Waals surface area contributed by atoms with Crippen LogP contribution in [0.4, 0.5) is 10.2 Å². The van der Waals surface area contributed by atoms with Crippen molar-refractivity contribution in [3.8, 4) is 0 Å². The number of anilines is 1. The number of nitrogens with zero attached hydrogens (tertiary/aromatic N) is 2. The van der Waals surface area contributed by atoms with Gasteiger partial charge in [-0.3, -0.25) is 0 Å². The van der Waals surface area contributed by atoms with Crippen LogP contribution >= 0.6 is 0 Å². The van der Waals surface area contributed by atoms with Gasteiger partial charge in [-0.2, -0.15) is 0 Å². The van der Waals surface area contributed by atoms with Crippen LogP contribution in [0.1, 0.15) is 39.2 Å². The maximum Gasteiger partial charge on any atom is 0.141 e. The lowest BCUT2D eigenvalue weighted by Crippen LogP contribution is -2.30. The zero-order chi connectivity index (χ0) is 13.1. The monoisotopic (exact) mass is 251 g/mol. The molecule has 0 spiro atoms. The Morgan fingerprint density at radius 1 is 1.56 bits per heavy atom. The fourth-order valence-corrected chi connectivity index (χ4v) is 2.42. The molecule has 1 aromatic rings. The van der Waals surface area contributed by atoms with Crippen LogP contribution in [0.15, 0.2) is 12.3 Å². The van der Waals surface area contributed by atoms with Crippen molar-refractivity contribution < 1.29 is 4.39 Å². The molecule has 0 amide bonds. The molecule has 0 bridgehead atoms. The highest BCUT2D eigenvalue weighted by Crippen LogP contribution is 2.27. The first-order valence-electron chi connectivity index (χ1n) is 6.72. The lowest BCUT2D eigenvalue weighted by atomic mass is 10.2. The van der Waals surface area contributed by atoms with Gasteiger partial charge in [-0.25, -0.2) is 9.37 Å². The van der Waals surface area contributed by atoms with E-state index in [2.05, 4.69) is 36.0 Å². The van der Waals surface area contributed by atoms with E-state index in [4.69, 9.17) is 0 Å². The third-order valence-corrected chi connectivity index (χ3v) is 3.44. The summed E-state index contributed by atoms with van der Waals surface area (Å²) in [5.41, 5.74) is 0.956. The second kappa shape index (κ2) is 5.65. The van der Waals surface area contributed by atoms with Crippen LogP contribution in [0.3, 0.4) is 0 Å². The summed E-state index contributed by atoms with van der Waals surface area (Å²) in [7, 11) is 0. The molecule has 1 N–H and O–H groups in total. The molecule has 1 unspecified atom stereocenters. The summed E-state index contributed by atoms with van der Waals surface area (Å²) in [6.07, 6.45) is 3.70. The van der Waals surface area contributed by atoms with Crippen molar-refractivity contribution in [2.24, 2.45) is 0 Å². The van der Waals surface area contributed by atoms with Crippen LogP contribution in [0.25, 0.3) is 0 Å². The highest BCUT2D eigenvalue weighted by Gasteiger charge is 2.23. The molecule has 4 heteroatoms. The zero-order valence-corrected chi connectivity index (χ0v) is 11.4. The topological polar surface area (TPSA) is 28.2 Å². The number of hydrogen-bond acceptors (Lipinski definition) is 3. The number of halogens is 1. The van der Waals surface area contributed by atoms with Crippen LogP contribution in [0.5, 0.6) is 0 Å². The van der Waals surface area contributed by atoms with Gasteiger partial charge >= 0.3 is 0 Å². The maximum absolute atomic E-state index is 13.3. The number of rotatable bonds is 4. The second-order valence-corrected chi connectivity index (χ2v) is 5.36. The van der Waals surface area contributed by atoms with E-state index in [9.17, 15) is 4.39 Å².